The fourth-order valence-electron chi connectivity index (χ4n) is 6.61. The number of carbonyl (C=O) groups is 6. The zero-order valence-corrected chi connectivity index (χ0v) is 35.0. The molecule has 328 valence electrons. The van der Waals surface area contributed by atoms with Gasteiger partial charge in [0.15, 0.2) is 12.2 Å². The third-order valence-corrected chi connectivity index (χ3v) is 10.3. The number of benzene rings is 6. The van der Waals surface area contributed by atoms with E-state index in [9.17, 15) is 59.4 Å². The minimum absolute atomic E-state index is 0.0155. The molecule has 0 aliphatic rings. The minimum atomic E-state index is -1.81. The summed E-state index contributed by atoms with van der Waals surface area (Å²) in [5, 5.41) is 63.4. The number of aliphatic carboxylic acids is 2. The molecule has 4 atom stereocenters. The van der Waals surface area contributed by atoms with Gasteiger partial charge in [-0.1, -0.05) is 114 Å². The van der Waals surface area contributed by atoms with E-state index in [1.807, 2.05) is 0 Å². The van der Waals surface area contributed by atoms with Gasteiger partial charge < -0.3 is 41.3 Å². The van der Waals surface area contributed by atoms with Crippen LogP contribution in [-0.2, 0) is 22.4 Å². The lowest BCUT2D eigenvalue weighted by molar-refractivity contribution is -0.148. The second-order valence-electron chi connectivity index (χ2n) is 14.3. The maximum atomic E-state index is 12.9. The Morgan fingerprint density at radius 2 is 0.875 bits per heavy atom. The highest BCUT2D eigenvalue weighted by atomic mass is 35.5. The van der Waals surface area contributed by atoms with E-state index >= 15 is 0 Å². The van der Waals surface area contributed by atoms with Crippen molar-refractivity contribution >= 4 is 58.9 Å². The van der Waals surface area contributed by atoms with E-state index in [0.717, 1.165) is 11.1 Å². The zero-order chi connectivity index (χ0) is 46.5. The van der Waals surface area contributed by atoms with Crippen molar-refractivity contribution in [3.63, 3.8) is 0 Å². The number of carbonyl (C=O) groups excluding carboxylic acids is 2. The SMILES string of the molecule is O=C(N[C@H](Cc1ccccc1)[C@@H](O)C(=O)O)c1cccc(-c2cc(Cl)ccc2C(=O)O)c1.O=C(N[C@H](Cc1ccccc1)[C@@H](O)C(=O)O)c1cccc(-c2ccc(Cl)cc2C(=O)O)c1. The maximum absolute atomic E-state index is 12.9. The van der Waals surface area contributed by atoms with Gasteiger partial charge in [-0.15, -0.1) is 0 Å². The van der Waals surface area contributed by atoms with E-state index in [1.165, 1.54) is 48.5 Å². The monoisotopic (exact) mass is 906 g/mol. The molecule has 0 bridgehead atoms. The smallest absolute Gasteiger partial charge is 0.336 e. The third kappa shape index (κ3) is 12.8. The van der Waals surface area contributed by atoms with Crippen molar-refractivity contribution in [1.82, 2.24) is 10.6 Å². The number of rotatable bonds is 16. The molecule has 0 spiro atoms. The van der Waals surface area contributed by atoms with E-state index in [-0.39, 0.29) is 40.1 Å². The molecule has 0 fully saturated rings. The molecule has 8 N–H and O–H groups in total. The summed E-state index contributed by atoms with van der Waals surface area (Å²) in [4.78, 5) is 71.6. The average molecular weight is 908 g/mol. The van der Waals surface area contributed by atoms with Crippen molar-refractivity contribution in [2.24, 2.45) is 0 Å². The van der Waals surface area contributed by atoms with Gasteiger partial charge in [0.25, 0.3) is 11.8 Å². The molecule has 6 rings (SSSR count). The minimum Gasteiger partial charge on any atom is -0.479 e. The molecule has 0 saturated heterocycles. The summed E-state index contributed by atoms with van der Waals surface area (Å²) >= 11 is 11.9. The largest absolute Gasteiger partial charge is 0.479 e. The Labute approximate surface area is 376 Å². The van der Waals surface area contributed by atoms with Crippen molar-refractivity contribution < 1.29 is 59.4 Å². The molecule has 0 aliphatic carbocycles. The average Bonchev–Trinajstić information content (AvgIpc) is 3.28. The molecule has 0 unspecified atom stereocenters. The Balaban J connectivity index is 0.000000241. The fourth-order valence-corrected chi connectivity index (χ4v) is 6.95. The topological polar surface area (TPSA) is 248 Å². The van der Waals surface area contributed by atoms with Crippen molar-refractivity contribution in [2.75, 3.05) is 0 Å². The first kappa shape index (κ1) is 47.7. The van der Waals surface area contributed by atoms with Crippen LogP contribution >= 0.6 is 23.2 Å². The lowest BCUT2D eigenvalue weighted by Gasteiger charge is -2.22. The van der Waals surface area contributed by atoms with Crippen LogP contribution in [0.4, 0.5) is 0 Å². The molecule has 0 saturated carbocycles. The number of nitrogens with one attached hydrogen (secondary N) is 2. The molecule has 14 nitrogen and oxygen atoms in total. The molecule has 2 amide bonds. The van der Waals surface area contributed by atoms with Gasteiger partial charge in [0.05, 0.1) is 23.2 Å². The molecule has 64 heavy (non-hydrogen) atoms. The Hall–Kier alpha value is -7.36. The second kappa shape index (κ2) is 22.1. The lowest BCUT2D eigenvalue weighted by Crippen LogP contribution is -2.48. The normalized spacial score (nSPS) is 12.6. The molecule has 6 aromatic carbocycles. The number of hydrogen-bond acceptors (Lipinski definition) is 8. The van der Waals surface area contributed by atoms with Gasteiger partial charge in [-0.05, 0) is 101 Å². The number of carboxylic acids is 4. The van der Waals surface area contributed by atoms with Crippen molar-refractivity contribution in [1.29, 1.82) is 0 Å². The first-order valence-electron chi connectivity index (χ1n) is 19.3. The molecule has 16 heteroatoms. The standard InChI is InChI=1S/2C24H20ClNO6/c25-17-9-10-18(23(29)30)19(13-17)15-7-4-8-16(12-15)22(28)26-20(21(27)24(31)32)11-14-5-2-1-3-6-14;25-17-9-10-18(19(13-17)23(29)30)15-7-4-8-16(12-15)22(28)26-20(21(27)24(31)32)11-14-5-2-1-3-6-14/h2*1-10,12-13,20-21,27H,11H2,(H,26,28)(H,29,30)(H,31,32)/t2*20-,21-/m11/s1. The molecule has 6 aromatic rings. The quantitative estimate of drug-likeness (QED) is 0.0490. The predicted molar refractivity (Wildman–Crippen MR) is 238 cm³/mol. The highest BCUT2D eigenvalue weighted by Gasteiger charge is 2.29. The molecular formula is C48H40Cl2N2O12. The third-order valence-electron chi connectivity index (χ3n) is 9.79. The number of aliphatic hydroxyl groups is 2. The van der Waals surface area contributed by atoms with Crippen LogP contribution in [0.25, 0.3) is 22.3 Å². The van der Waals surface area contributed by atoms with Crippen molar-refractivity contribution in [3.05, 3.63) is 189 Å². The summed E-state index contributed by atoms with van der Waals surface area (Å²) in [5.41, 5.74) is 3.51. The van der Waals surface area contributed by atoms with Crippen molar-refractivity contribution in [2.45, 2.75) is 37.1 Å². The molecule has 0 heterocycles. The number of hydrogen-bond donors (Lipinski definition) is 8. The van der Waals surface area contributed by atoms with Crippen molar-refractivity contribution in [3.8, 4) is 22.3 Å². The molecular weight excluding hydrogens is 867 g/mol. The number of halogens is 2. The van der Waals surface area contributed by atoms with Gasteiger partial charge >= 0.3 is 23.9 Å². The van der Waals surface area contributed by atoms with Gasteiger partial charge in [-0.3, -0.25) is 9.59 Å². The number of carboxylic acid groups (broad SMARTS) is 4. The number of amides is 2. The van der Waals surface area contributed by atoms with E-state index in [1.54, 1.807) is 97.1 Å². The van der Waals surface area contributed by atoms with Crippen LogP contribution in [0.3, 0.4) is 0 Å². The molecule has 0 radical (unpaired) electrons. The summed E-state index contributed by atoms with van der Waals surface area (Å²) < 4.78 is 0. The first-order valence-corrected chi connectivity index (χ1v) is 20.1. The van der Waals surface area contributed by atoms with Crippen LogP contribution in [0.15, 0.2) is 146 Å². The summed E-state index contributed by atoms with van der Waals surface area (Å²) in [7, 11) is 0. The maximum Gasteiger partial charge on any atom is 0.336 e. The summed E-state index contributed by atoms with van der Waals surface area (Å²) in [6.45, 7) is 0. The summed E-state index contributed by atoms with van der Waals surface area (Å²) in [6, 6.07) is 36.9. The van der Waals surface area contributed by atoms with Gasteiger partial charge in [-0.2, -0.15) is 0 Å². The predicted octanol–water partition coefficient (Wildman–Crippen LogP) is 6.98. The van der Waals surface area contributed by atoms with E-state index < -0.39 is 60.0 Å². The van der Waals surface area contributed by atoms with Crippen LogP contribution in [0, 0.1) is 0 Å². The summed E-state index contributed by atoms with van der Waals surface area (Å²) in [6.07, 6.45) is -3.40. The van der Waals surface area contributed by atoms with Gasteiger partial charge in [0, 0.05) is 21.2 Å². The van der Waals surface area contributed by atoms with Gasteiger partial charge in [-0.25, -0.2) is 19.2 Å². The number of aliphatic hydroxyl groups excluding tert-OH is 2. The highest BCUT2D eigenvalue weighted by molar-refractivity contribution is 6.31. The molecule has 0 aliphatic heterocycles. The zero-order valence-electron chi connectivity index (χ0n) is 33.5. The van der Waals surface area contributed by atoms with Gasteiger partial charge in [0.2, 0.25) is 0 Å². The second-order valence-corrected chi connectivity index (χ2v) is 15.1. The Morgan fingerprint density at radius 1 is 0.453 bits per heavy atom. The van der Waals surface area contributed by atoms with Gasteiger partial charge in [0.1, 0.15) is 0 Å². The van der Waals surface area contributed by atoms with E-state index in [0.29, 0.717) is 27.3 Å². The Bertz CT molecular complexity index is 2660. The Kier molecular flexibility index (Phi) is 16.5. The fraction of sp³-hybridized carbons (Fsp3) is 0.125. The highest BCUT2D eigenvalue weighted by Crippen LogP contribution is 2.29. The number of aromatic carboxylic acids is 2. The lowest BCUT2D eigenvalue weighted by atomic mass is 9.97. The molecule has 0 aromatic heterocycles. The van der Waals surface area contributed by atoms with E-state index in [4.69, 9.17) is 23.2 Å². The van der Waals surface area contributed by atoms with Crippen LogP contribution in [0.1, 0.15) is 52.6 Å². The Morgan fingerprint density at radius 3 is 1.31 bits per heavy atom. The van der Waals surface area contributed by atoms with Crippen LogP contribution in [0.2, 0.25) is 10.0 Å². The van der Waals surface area contributed by atoms with Crippen LogP contribution < -0.4 is 10.6 Å². The van der Waals surface area contributed by atoms with Crippen LogP contribution in [0.5, 0.6) is 0 Å². The van der Waals surface area contributed by atoms with Crippen LogP contribution in [-0.4, -0.2) is 90.6 Å². The summed E-state index contributed by atoms with van der Waals surface area (Å²) in [5.74, 6) is -6.41. The first-order chi connectivity index (χ1) is 30.5. The van der Waals surface area contributed by atoms with E-state index in [2.05, 4.69) is 10.6 Å².